The van der Waals surface area contributed by atoms with Crippen LogP contribution in [0.5, 0.6) is 5.88 Å². The van der Waals surface area contributed by atoms with Crippen molar-refractivity contribution in [2.75, 3.05) is 39.0 Å². The van der Waals surface area contributed by atoms with Crippen molar-refractivity contribution in [1.82, 2.24) is 14.8 Å². The Morgan fingerprint density at radius 1 is 1.30 bits per heavy atom. The Morgan fingerprint density at radius 3 is 2.60 bits per heavy atom. The lowest BCUT2D eigenvalue weighted by Crippen LogP contribution is -2.48. The molecule has 1 saturated heterocycles. The van der Waals surface area contributed by atoms with E-state index >= 15 is 0 Å². The summed E-state index contributed by atoms with van der Waals surface area (Å²) in [6.45, 7) is 10.1. The van der Waals surface area contributed by atoms with Crippen LogP contribution >= 0.6 is 11.8 Å². The lowest BCUT2D eigenvalue weighted by Gasteiger charge is -2.37. The van der Waals surface area contributed by atoms with E-state index in [9.17, 15) is 0 Å². The maximum Gasteiger partial charge on any atom is 0.212 e. The Bertz CT molecular complexity index is 391. The topological polar surface area (TPSA) is 28.6 Å². The summed E-state index contributed by atoms with van der Waals surface area (Å²) in [5.41, 5.74) is 1.26. The number of piperazine rings is 1. The van der Waals surface area contributed by atoms with Crippen molar-refractivity contribution in [2.45, 2.75) is 25.8 Å². The Kier molecular flexibility index (Phi) is 6.13. The summed E-state index contributed by atoms with van der Waals surface area (Å²) in [6, 6.07) is 4.04. The average Bonchev–Trinajstić information content (AvgIpc) is 2.49. The van der Waals surface area contributed by atoms with Gasteiger partial charge in [0.1, 0.15) is 0 Å². The van der Waals surface area contributed by atoms with E-state index in [1.807, 2.05) is 24.0 Å². The number of methoxy groups -OCH3 is 1. The molecule has 20 heavy (non-hydrogen) atoms. The zero-order valence-corrected chi connectivity index (χ0v) is 13.5. The number of hydrogen-bond donors (Lipinski definition) is 0. The molecule has 112 valence electrons. The van der Waals surface area contributed by atoms with Gasteiger partial charge in [-0.15, -0.1) is 11.8 Å². The third kappa shape index (κ3) is 4.36. The van der Waals surface area contributed by atoms with Gasteiger partial charge in [-0.3, -0.25) is 9.80 Å². The third-order valence-electron chi connectivity index (χ3n) is 3.74. The van der Waals surface area contributed by atoms with Gasteiger partial charge in [0.15, 0.2) is 0 Å². The number of pyridine rings is 1. The van der Waals surface area contributed by atoms with Gasteiger partial charge < -0.3 is 4.74 Å². The summed E-state index contributed by atoms with van der Waals surface area (Å²) in [5, 5.41) is 0.643. The van der Waals surface area contributed by atoms with Crippen molar-refractivity contribution in [1.29, 1.82) is 0 Å². The van der Waals surface area contributed by atoms with E-state index in [4.69, 9.17) is 4.74 Å². The van der Waals surface area contributed by atoms with Crippen LogP contribution in [0.4, 0.5) is 0 Å². The van der Waals surface area contributed by atoms with E-state index in [2.05, 4.69) is 34.7 Å². The molecule has 0 N–H and O–H groups in total. The van der Waals surface area contributed by atoms with E-state index in [0.717, 1.165) is 32.7 Å². The maximum absolute atomic E-state index is 5.09. The summed E-state index contributed by atoms with van der Waals surface area (Å²) in [6.07, 6.45) is 1.92. The Labute approximate surface area is 126 Å². The average molecular weight is 295 g/mol. The lowest BCUT2D eigenvalue weighted by molar-refractivity contribution is 0.123. The minimum absolute atomic E-state index is 0.643. The van der Waals surface area contributed by atoms with Gasteiger partial charge >= 0.3 is 0 Å². The molecule has 1 aromatic rings. The first-order valence-corrected chi connectivity index (χ1v) is 8.34. The molecule has 0 aliphatic carbocycles. The minimum atomic E-state index is 0.643. The van der Waals surface area contributed by atoms with Crippen LogP contribution in [-0.4, -0.2) is 59.2 Å². The van der Waals surface area contributed by atoms with Gasteiger partial charge in [-0.05, 0) is 18.2 Å². The second-order valence-electron chi connectivity index (χ2n) is 5.08. The van der Waals surface area contributed by atoms with Crippen LogP contribution in [0.15, 0.2) is 18.3 Å². The van der Waals surface area contributed by atoms with Gasteiger partial charge in [-0.1, -0.05) is 13.0 Å². The molecule has 1 aliphatic rings. The molecule has 1 aromatic heterocycles. The largest absolute Gasteiger partial charge is 0.481 e. The molecule has 0 spiro atoms. The van der Waals surface area contributed by atoms with Gasteiger partial charge in [0.05, 0.1) is 12.5 Å². The van der Waals surface area contributed by atoms with Crippen molar-refractivity contribution in [3.8, 4) is 5.88 Å². The smallest absolute Gasteiger partial charge is 0.212 e. The summed E-state index contributed by atoms with van der Waals surface area (Å²) in [7, 11) is 1.65. The molecule has 4 nitrogen and oxygen atoms in total. The molecule has 5 heteroatoms. The number of hydrogen-bond acceptors (Lipinski definition) is 5. The van der Waals surface area contributed by atoms with Crippen LogP contribution in [-0.2, 0) is 6.54 Å². The van der Waals surface area contributed by atoms with Crippen molar-refractivity contribution in [3.63, 3.8) is 0 Å². The summed E-state index contributed by atoms with van der Waals surface area (Å²) in [5.74, 6) is 1.88. The first-order valence-electron chi connectivity index (χ1n) is 7.30. The molecule has 0 aromatic carbocycles. The predicted octanol–water partition coefficient (Wildman–Crippen LogP) is 2.31. The second kappa shape index (κ2) is 7.86. The first kappa shape index (κ1) is 15.6. The quantitative estimate of drug-likeness (QED) is 0.803. The molecule has 1 fully saturated rings. The van der Waals surface area contributed by atoms with Crippen LogP contribution in [0, 0.1) is 0 Å². The van der Waals surface area contributed by atoms with Crippen LogP contribution in [0.3, 0.4) is 0 Å². The van der Waals surface area contributed by atoms with Crippen LogP contribution < -0.4 is 4.74 Å². The zero-order chi connectivity index (χ0) is 14.4. The molecule has 2 heterocycles. The number of aromatic nitrogens is 1. The van der Waals surface area contributed by atoms with E-state index in [1.54, 1.807) is 7.11 Å². The SMILES string of the molecule is CCSC(C)N1CCN(Cc2ccc(OC)nc2)CC1. The molecule has 1 atom stereocenters. The highest BCUT2D eigenvalue weighted by molar-refractivity contribution is 7.99. The summed E-state index contributed by atoms with van der Waals surface area (Å²) in [4.78, 5) is 9.35. The molecular formula is C15H25N3OS. The van der Waals surface area contributed by atoms with Gasteiger partial charge in [0.2, 0.25) is 5.88 Å². The first-order chi connectivity index (χ1) is 9.72. The fourth-order valence-corrected chi connectivity index (χ4v) is 3.42. The van der Waals surface area contributed by atoms with Gasteiger partial charge in [0, 0.05) is 45.0 Å². The fraction of sp³-hybridized carbons (Fsp3) is 0.667. The third-order valence-corrected chi connectivity index (χ3v) is 4.86. The summed E-state index contributed by atoms with van der Waals surface area (Å²) >= 11 is 2.03. The lowest BCUT2D eigenvalue weighted by atomic mass is 10.2. The number of thioether (sulfide) groups is 1. The molecule has 1 unspecified atom stereocenters. The normalized spacial score (nSPS) is 18.9. The van der Waals surface area contributed by atoms with E-state index in [0.29, 0.717) is 11.3 Å². The molecule has 2 rings (SSSR count). The van der Waals surface area contributed by atoms with E-state index in [1.165, 1.54) is 11.3 Å². The second-order valence-corrected chi connectivity index (χ2v) is 6.67. The Hall–Kier alpha value is -0.780. The standard InChI is InChI=1S/C15H25N3OS/c1-4-20-13(2)18-9-7-17(8-10-18)12-14-5-6-15(19-3)16-11-14/h5-6,11,13H,4,7-10,12H2,1-3H3. The molecule has 0 bridgehead atoms. The summed E-state index contributed by atoms with van der Waals surface area (Å²) < 4.78 is 5.09. The Balaban J connectivity index is 1.78. The highest BCUT2D eigenvalue weighted by Gasteiger charge is 2.20. The van der Waals surface area contributed by atoms with Crippen LogP contribution in [0.25, 0.3) is 0 Å². The zero-order valence-electron chi connectivity index (χ0n) is 12.7. The monoisotopic (exact) mass is 295 g/mol. The van der Waals surface area contributed by atoms with Gasteiger partial charge in [-0.25, -0.2) is 4.98 Å². The highest BCUT2D eigenvalue weighted by atomic mass is 32.2. The van der Waals surface area contributed by atoms with E-state index in [-0.39, 0.29) is 0 Å². The number of nitrogens with zero attached hydrogens (tertiary/aromatic N) is 3. The molecule has 1 aliphatic heterocycles. The predicted molar refractivity (Wildman–Crippen MR) is 85.2 cm³/mol. The van der Waals surface area contributed by atoms with Gasteiger partial charge in [0.25, 0.3) is 0 Å². The number of rotatable bonds is 6. The maximum atomic E-state index is 5.09. The fourth-order valence-electron chi connectivity index (χ4n) is 2.52. The van der Waals surface area contributed by atoms with Crippen molar-refractivity contribution in [2.24, 2.45) is 0 Å². The van der Waals surface area contributed by atoms with Gasteiger partial charge in [-0.2, -0.15) is 0 Å². The highest BCUT2D eigenvalue weighted by Crippen LogP contribution is 2.18. The van der Waals surface area contributed by atoms with Crippen LogP contribution in [0.1, 0.15) is 19.4 Å². The molecule has 0 radical (unpaired) electrons. The minimum Gasteiger partial charge on any atom is -0.481 e. The van der Waals surface area contributed by atoms with Crippen molar-refractivity contribution < 1.29 is 4.74 Å². The van der Waals surface area contributed by atoms with Crippen molar-refractivity contribution in [3.05, 3.63) is 23.9 Å². The number of ether oxygens (including phenoxy) is 1. The molecular weight excluding hydrogens is 270 g/mol. The Morgan fingerprint density at radius 2 is 2.05 bits per heavy atom. The van der Waals surface area contributed by atoms with E-state index < -0.39 is 0 Å². The van der Waals surface area contributed by atoms with Crippen LogP contribution in [0.2, 0.25) is 0 Å². The molecule has 0 amide bonds. The van der Waals surface area contributed by atoms with Crippen molar-refractivity contribution >= 4 is 11.8 Å². The molecule has 0 saturated carbocycles.